The maximum atomic E-state index is 12.0. The molecule has 112 valence electrons. The second-order valence-electron chi connectivity index (χ2n) is 4.24. The molecule has 0 aromatic heterocycles. The Kier molecular flexibility index (Phi) is 6.13. The average Bonchev–Trinajstić information content (AvgIpc) is 2.34. The minimum atomic E-state index is -3.47. The van der Waals surface area contributed by atoms with Gasteiger partial charge in [0.1, 0.15) is 5.25 Å². The number of carbonyl (C=O) groups excluding carboxylic acids is 1. The number of benzene rings is 1. The van der Waals surface area contributed by atoms with E-state index in [1.165, 1.54) is 19.1 Å². The molecule has 1 aromatic carbocycles. The van der Waals surface area contributed by atoms with Crippen LogP contribution >= 0.6 is 34.8 Å². The Balaban J connectivity index is 2.94. The monoisotopic (exact) mass is 357 g/mol. The highest BCUT2D eigenvalue weighted by molar-refractivity contribution is 7.92. The van der Waals surface area contributed by atoms with Crippen molar-refractivity contribution >= 4 is 56.2 Å². The van der Waals surface area contributed by atoms with Crippen molar-refractivity contribution in [3.8, 4) is 0 Å². The summed E-state index contributed by atoms with van der Waals surface area (Å²) in [5.74, 6) is -0.699. The molecule has 1 N–H and O–H groups in total. The maximum Gasteiger partial charge on any atom is 0.242 e. The van der Waals surface area contributed by atoms with Gasteiger partial charge in [0.05, 0.1) is 26.5 Å². The van der Waals surface area contributed by atoms with E-state index in [-0.39, 0.29) is 26.5 Å². The molecule has 1 amide bonds. The van der Waals surface area contributed by atoms with Gasteiger partial charge in [-0.2, -0.15) is 0 Å². The molecular weight excluding hydrogens is 345 g/mol. The van der Waals surface area contributed by atoms with Crippen LogP contribution < -0.4 is 5.32 Å². The van der Waals surface area contributed by atoms with Gasteiger partial charge >= 0.3 is 0 Å². The van der Waals surface area contributed by atoms with Crippen LogP contribution in [-0.4, -0.2) is 25.3 Å². The van der Waals surface area contributed by atoms with Crippen molar-refractivity contribution in [2.75, 3.05) is 11.1 Å². The van der Waals surface area contributed by atoms with Crippen molar-refractivity contribution in [2.45, 2.75) is 25.5 Å². The first kappa shape index (κ1) is 17.6. The Labute approximate surface area is 133 Å². The summed E-state index contributed by atoms with van der Waals surface area (Å²) < 4.78 is 23.7. The van der Waals surface area contributed by atoms with Gasteiger partial charge in [-0.15, -0.1) is 0 Å². The predicted octanol–water partition coefficient (Wildman–Crippen LogP) is 3.80. The van der Waals surface area contributed by atoms with E-state index in [1.807, 2.05) is 0 Å². The lowest BCUT2D eigenvalue weighted by atomic mass is 10.3. The van der Waals surface area contributed by atoms with Crippen molar-refractivity contribution in [3.05, 3.63) is 27.2 Å². The van der Waals surface area contributed by atoms with Crippen LogP contribution in [0.3, 0.4) is 0 Å². The molecule has 0 heterocycles. The van der Waals surface area contributed by atoms with Gasteiger partial charge < -0.3 is 5.32 Å². The summed E-state index contributed by atoms with van der Waals surface area (Å²) in [6.07, 6.45) is 0.452. The van der Waals surface area contributed by atoms with E-state index in [1.54, 1.807) is 6.92 Å². The van der Waals surface area contributed by atoms with Crippen molar-refractivity contribution in [1.29, 1.82) is 0 Å². The minimum absolute atomic E-state index is 0.0449. The first-order chi connectivity index (χ1) is 9.19. The zero-order valence-corrected chi connectivity index (χ0v) is 14.0. The van der Waals surface area contributed by atoms with Crippen LogP contribution in [0, 0.1) is 0 Å². The van der Waals surface area contributed by atoms with Crippen molar-refractivity contribution in [3.63, 3.8) is 0 Å². The predicted molar refractivity (Wildman–Crippen MR) is 83.6 cm³/mol. The van der Waals surface area contributed by atoms with Gasteiger partial charge in [-0.05, 0) is 25.5 Å². The second-order valence-corrected chi connectivity index (χ2v) is 7.91. The number of hydrogen-bond donors (Lipinski definition) is 1. The Morgan fingerprint density at radius 2 is 1.75 bits per heavy atom. The Morgan fingerprint density at radius 3 is 2.30 bits per heavy atom. The molecule has 0 saturated carbocycles. The molecule has 0 radical (unpaired) electrons. The molecule has 4 nitrogen and oxygen atoms in total. The van der Waals surface area contributed by atoms with Gasteiger partial charge in [0, 0.05) is 0 Å². The van der Waals surface area contributed by atoms with Crippen LogP contribution in [0.4, 0.5) is 5.69 Å². The van der Waals surface area contributed by atoms with Gasteiger partial charge in [0.2, 0.25) is 5.91 Å². The molecule has 0 spiro atoms. The fourth-order valence-electron chi connectivity index (χ4n) is 1.48. The topological polar surface area (TPSA) is 63.2 Å². The molecule has 0 fully saturated rings. The van der Waals surface area contributed by atoms with E-state index < -0.39 is 21.0 Å². The Bertz CT molecular complexity index is 617. The molecule has 0 bridgehead atoms. The van der Waals surface area contributed by atoms with Crippen molar-refractivity contribution in [2.24, 2.45) is 0 Å². The van der Waals surface area contributed by atoms with Crippen LogP contribution in [0.1, 0.15) is 20.3 Å². The largest absolute Gasteiger partial charge is 0.324 e. The molecule has 0 aliphatic rings. The molecule has 0 aliphatic heterocycles. The molecular formula is C12H14Cl3NO3S. The van der Waals surface area contributed by atoms with Gasteiger partial charge in [0.25, 0.3) is 0 Å². The normalized spacial score (nSPS) is 13.1. The molecule has 1 aromatic rings. The van der Waals surface area contributed by atoms with Crippen molar-refractivity contribution < 1.29 is 13.2 Å². The van der Waals surface area contributed by atoms with E-state index in [9.17, 15) is 13.2 Å². The van der Waals surface area contributed by atoms with Crippen molar-refractivity contribution in [1.82, 2.24) is 0 Å². The number of rotatable bonds is 5. The summed E-state index contributed by atoms with van der Waals surface area (Å²) in [6.45, 7) is 3.07. The highest BCUT2D eigenvalue weighted by atomic mass is 35.5. The summed E-state index contributed by atoms with van der Waals surface area (Å²) >= 11 is 17.5. The SMILES string of the molecule is CCCS(=O)(=O)C(C)C(=O)Nc1cc(Cl)c(Cl)cc1Cl. The van der Waals surface area contributed by atoms with Gasteiger partial charge in [0.15, 0.2) is 9.84 Å². The first-order valence-electron chi connectivity index (χ1n) is 5.86. The molecule has 20 heavy (non-hydrogen) atoms. The zero-order chi connectivity index (χ0) is 15.5. The minimum Gasteiger partial charge on any atom is -0.324 e. The van der Waals surface area contributed by atoms with E-state index in [0.717, 1.165) is 0 Å². The lowest BCUT2D eigenvalue weighted by Crippen LogP contribution is -2.34. The number of amides is 1. The smallest absolute Gasteiger partial charge is 0.242 e. The van der Waals surface area contributed by atoms with Crippen LogP contribution in [0.15, 0.2) is 12.1 Å². The molecule has 1 atom stereocenters. The lowest BCUT2D eigenvalue weighted by molar-refractivity contribution is -0.115. The summed E-state index contributed by atoms with van der Waals surface area (Å²) in [5.41, 5.74) is 0.226. The second kappa shape index (κ2) is 6.98. The van der Waals surface area contributed by atoms with Gasteiger partial charge in [-0.25, -0.2) is 8.42 Å². The van der Waals surface area contributed by atoms with Gasteiger partial charge in [-0.1, -0.05) is 41.7 Å². The Morgan fingerprint density at radius 1 is 1.20 bits per heavy atom. The number of hydrogen-bond acceptors (Lipinski definition) is 3. The summed E-state index contributed by atoms with van der Waals surface area (Å²) in [7, 11) is -3.47. The quantitative estimate of drug-likeness (QED) is 0.814. The van der Waals surface area contributed by atoms with Crippen LogP contribution in [0.2, 0.25) is 15.1 Å². The average molecular weight is 359 g/mol. The fourth-order valence-corrected chi connectivity index (χ4v) is 3.38. The van der Waals surface area contributed by atoms with E-state index in [4.69, 9.17) is 34.8 Å². The number of sulfone groups is 1. The standard InChI is InChI=1S/C12H14Cl3NO3S/c1-3-4-20(18,19)7(2)12(17)16-11-6-9(14)8(13)5-10(11)15/h5-7H,3-4H2,1-2H3,(H,16,17). The number of carbonyl (C=O) groups is 1. The summed E-state index contributed by atoms with van der Waals surface area (Å²) in [5, 5.41) is 1.95. The molecule has 0 saturated heterocycles. The maximum absolute atomic E-state index is 12.0. The highest BCUT2D eigenvalue weighted by Gasteiger charge is 2.27. The summed E-state index contributed by atoms with van der Waals surface area (Å²) in [6, 6.07) is 2.76. The van der Waals surface area contributed by atoms with Crippen LogP contribution in [0.5, 0.6) is 0 Å². The zero-order valence-electron chi connectivity index (χ0n) is 10.9. The van der Waals surface area contributed by atoms with Gasteiger partial charge in [-0.3, -0.25) is 4.79 Å². The first-order valence-corrected chi connectivity index (χ1v) is 8.71. The molecule has 1 rings (SSSR count). The number of anilines is 1. The van der Waals surface area contributed by atoms with E-state index in [2.05, 4.69) is 5.32 Å². The third-order valence-electron chi connectivity index (χ3n) is 2.66. The third-order valence-corrected chi connectivity index (χ3v) is 5.97. The lowest BCUT2D eigenvalue weighted by Gasteiger charge is -2.14. The van der Waals surface area contributed by atoms with E-state index >= 15 is 0 Å². The molecule has 0 aliphatic carbocycles. The molecule has 1 unspecified atom stereocenters. The molecule has 8 heteroatoms. The number of halogens is 3. The van der Waals surface area contributed by atoms with E-state index in [0.29, 0.717) is 6.42 Å². The Hall–Kier alpha value is -0.490. The van der Waals surface area contributed by atoms with Crippen LogP contribution in [0.25, 0.3) is 0 Å². The highest BCUT2D eigenvalue weighted by Crippen LogP contribution is 2.32. The summed E-state index contributed by atoms with van der Waals surface area (Å²) in [4.78, 5) is 12.0. The fraction of sp³-hybridized carbons (Fsp3) is 0.417. The van der Waals surface area contributed by atoms with Crippen LogP contribution in [-0.2, 0) is 14.6 Å². The third kappa shape index (κ3) is 4.25. The number of nitrogens with one attached hydrogen (secondary N) is 1.